The molecule has 5 atom stereocenters. The normalized spacial score (nSPS) is 28.8. The molecule has 0 fully saturated rings. The second-order valence-electron chi connectivity index (χ2n) is 9.83. The topological polar surface area (TPSA) is 87.5 Å². The van der Waals surface area contributed by atoms with E-state index >= 15 is 0 Å². The Labute approximate surface area is 201 Å². The van der Waals surface area contributed by atoms with Crippen molar-refractivity contribution in [2.75, 3.05) is 0 Å². The summed E-state index contributed by atoms with van der Waals surface area (Å²) >= 11 is 0. The van der Waals surface area contributed by atoms with Crippen LogP contribution < -0.4 is 0 Å². The van der Waals surface area contributed by atoms with Gasteiger partial charge in [-0.1, -0.05) is 31.6 Å². The highest BCUT2D eigenvalue weighted by molar-refractivity contribution is 5.96. The molecule has 7 nitrogen and oxygen atoms in total. The van der Waals surface area contributed by atoms with Gasteiger partial charge in [0.2, 0.25) is 0 Å². The highest BCUT2D eigenvalue weighted by Crippen LogP contribution is 2.44. The summed E-state index contributed by atoms with van der Waals surface area (Å²) in [6, 6.07) is 0. The van der Waals surface area contributed by atoms with Gasteiger partial charge in [0.25, 0.3) is 0 Å². The lowest BCUT2D eigenvalue weighted by atomic mass is 9.64. The number of hydrogen-bond donors (Lipinski definition) is 0. The number of nitrogens with zero attached hydrogens (tertiary/aromatic N) is 2. The average Bonchev–Trinajstić information content (AvgIpc) is 3.18. The molecule has 3 rings (SSSR count). The first-order chi connectivity index (χ1) is 16.1. The SMILES string of the molecule is CC(=O)O[C@@H]1C/C=C\C(=O)[C@@H](OC(=O)/C=C/c2cn(C)cn2)C[C@H]2C(C)=CC[C@H](C(C)C)[C@H]2C1. The van der Waals surface area contributed by atoms with Gasteiger partial charge in [-0.25, -0.2) is 9.78 Å². The van der Waals surface area contributed by atoms with Crippen LogP contribution in [0.5, 0.6) is 0 Å². The number of allylic oxidation sites excluding steroid dienone is 2. The van der Waals surface area contributed by atoms with Crippen molar-refractivity contribution in [2.45, 2.75) is 65.6 Å². The maximum atomic E-state index is 13.0. The van der Waals surface area contributed by atoms with Crippen molar-refractivity contribution in [2.24, 2.45) is 30.7 Å². The van der Waals surface area contributed by atoms with Gasteiger partial charge in [0.1, 0.15) is 6.10 Å². The van der Waals surface area contributed by atoms with Crippen LogP contribution in [0.3, 0.4) is 0 Å². The molecule has 0 aliphatic heterocycles. The van der Waals surface area contributed by atoms with Crippen LogP contribution in [0, 0.1) is 23.7 Å². The van der Waals surface area contributed by atoms with Gasteiger partial charge in [-0.05, 0) is 62.0 Å². The van der Waals surface area contributed by atoms with E-state index in [4.69, 9.17) is 9.47 Å². The molecule has 0 unspecified atom stereocenters. The van der Waals surface area contributed by atoms with E-state index < -0.39 is 12.1 Å². The third-order valence-corrected chi connectivity index (χ3v) is 6.93. The number of carbonyl (C=O) groups is 3. The number of ketones is 1. The second kappa shape index (κ2) is 11.4. The van der Waals surface area contributed by atoms with Gasteiger partial charge in [0.15, 0.2) is 11.9 Å². The number of hydrogen-bond acceptors (Lipinski definition) is 6. The zero-order chi connectivity index (χ0) is 24.8. The summed E-state index contributed by atoms with van der Waals surface area (Å²) in [5.74, 6) is -0.0138. The number of aryl methyl sites for hydroxylation is 1. The Morgan fingerprint density at radius 1 is 1.21 bits per heavy atom. The van der Waals surface area contributed by atoms with Crippen molar-refractivity contribution in [3.05, 3.63) is 48.1 Å². The molecule has 0 amide bonds. The van der Waals surface area contributed by atoms with Gasteiger partial charge >= 0.3 is 11.9 Å². The largest absolute Gasteiger partial charge is 0.462 e. The van der Waals surface area contributed by atoms with Crippen LogP contribution in [0.4, 0.5) is 0 Å². The van der Waals surface area contributed by atoms with E-state index in [2.05, 4.69) is 31.8 Å². The van der Waals surface area contributed by atoms with E-state index in [0.29, 0.717) is 30.4 Å². The average molecular weight is 469 g/mol. The minimum atomic E-state index is -0.871. The molecular formula is C27H36N2O5. The fourth-order valence-electron chi connectivity index (χ4n) is 5.23. The molecule has 34 heavy (non-hydrogen) atoms. The molecule has 0 spiro atoms. The lowest BCUT2D eigenvalue weighted by molar-refractivity contribution is -0.151. The van der Waals surface area contributed by atoms with E-state index in [0.717, 1.165) is 12.8 Å². The third kappa shape index (κ3) is 6.78. The van der Waals surface area contributed by atoms with Crippen LogP contribution in [-0.4, -0.2) is 39.5 Å². The van der Waals surface area contributed by atoms with Crippen molar-refractivity contribution >= 4 is 23.8 Å². The fraction of sp³-hybridized carbons (Fsp3) is 0.556. The highest BCUT2D eigenvalue weighted by atomic mass is 16.5. The Balaban J connectivity index is 1.86. The van der Waals surface area contributed by atoms with Crippen LogP contribution in [0.25, 0.3) is 6.08 Å². The molecule has 2 aliphatic rings. The lowest BCUT2D eigenvalue weighted by Crippen LogP contribution is -2.39. The molecule has 0 aromatic carbocycles. The number of carbonyl (C=O) groups excluding carboxylic acids is 3. The van der Waals surface area contributed by atoms with E-state index in [1.54, 1.807) is 29.2 Å². The lowest BCUT2D eigenvalue weighted by Gasteiger charge is -2.42. The Hall–Kier alpha value is -2.96. The molecule has 184 valence electrons. The zero-order valence-corrected chi connectivity index (χ0v) is 20.8. The summed E-state index contributed by atoms with van der Waals surface area (Å²) < 4.78 is 13.1. The van der Waals surface area contributed by atoms with Gasteiger partial charge in [0, 0.05) is 32.7 Å². The smallest absolute Gasteiger partial charge is 0.331 e. The third-order valence-electron chi connectivity index (χ3n) is 6.93. The number of rotatable bonds is 5. The molecule has 0 radical (unpaired) electrons. The fourth-order valence-corrected chi connectivity index (χ4v) is 5.23. The van der Waals surface area contributed by atoms with Crippen LogP contribution >= 0.6 is 0 Å². The van der Waals surface area contributed by atoms with Crippen molar-refractivity contribution < 1.29 is 23.9 Å². The molecular weight excluding hydrogens is 432 g/mol. The zero-order valence-electron chi connectivity index (χ0n) is 20.8. The van der Waals surface area contributed by atoms with E-state index in [1.165, 1.54) is 24.6 Å². The molecule has 2 aliphatic carbocycles. The van der Waals surface area contributed by atoms with Crippen molar-refractivity contribution in [1.82, 2.24) is 9.55 Å². The van der Waals surface area contributed by atoms with Crippen LogP contribution in [-0.2, 0) is 30.9 Å². The Morgan fingerprint density at radius 2 is 1.97 bits per heavy atom. The molecule has 1 aromatic rings. The molecule has 0 bridgehead atoms. The van der Waals surface area contributed by atoms with Gasteiger partial charge in [-0.15, -0.1) is 0 Å². The summed E-state index contributed by atoms with van der Waals surface area (Å²) in [5.41, 5.74) is 1.84. The second-order valence-corrected chi connectivity index (χ2v) is 9.83. The standard InChI is InChI=1S/C27H36N2O5/c1-17(2)22-11-9-18(3)23-14-26(34-27(32)12-10-20-15-29(5)16-28-20)25(31)8-6-7-21(13-24(22)23)33-19(4)30/h6,8-10,12,15-17,21-24,26H,7,11,13-14H2,1-5H3/b8-6-,12-10+/t21-,22-,23+,24-,26+/m1/s1. The Morgan fingerprint density at radius 3 is 2.62 bits per heavy atom. The van der Waals surface area contributed by atoms with Gasteiger partial charge in [-0.2, -0.15) is 0 Å². The summed E-state index contributed by atoms with van der Waals surface area (Å²) in [6.45, 7) is 7.92. The number of ether oxygens (including phenoxy) is 2. The van der Waals surface area contributed by atoms with Gasteiger partial charge in [-0.3, -0.25) is 9.59 Å². The summed E-state index contributed by atoms with van der Waals surface area (Å²) in [4.78, 5) is 41.5. The molecule has 0 saturated carbocycles. The van der Waals surface area contributed by atoms with Crippen molar-refractivity contribution in [3.8, 4) is 0 Å². The Kier molecular flexibility index (Phi) is 8.64. The first-order valence-corrected chi connectivity index (χ1v) is 12.0. The molecule has 7 heteroatoms. The van der Waals surface area contributed by atoms with E-state index in [1.807, 2.05) is 7.05 Å². The number of fused-ring (bicyclic) bond motifs is 1. The van der Waals surface area contributed by atoms with Gasteiger partial charge < -0.3 is 14.0 Å². The first-order valence-electron chi connectivity index (χ1n) is 12.0. The molecule has 1 aromatic heterocycles. The number of aromatic nitrogens is 2. The maximum absolute atomic E-state index is 13.0. The number of esters is 2. The van der Waals surface area contributed by atoms with E-state index in [-0.39, 0.29) is 29.7 Å². The highest BCUT2D eigenvalue weighted by Gasteiger charge is 2.40. The van der Waals surface area contributed by atoms with E-state index in [9.17, 15) is 14.4 Å². The van der Waals surface area contributed by atoms with Crippen LogP contribution in [0.1, 0.15) is 59.1 Å². The first kappa shape index (κ1) is 25.7. The predicted octanol–water partition coefficient (Wildman–Crippen LogP) is 4.44. The van der Waals surface area contributed by atoms with Crippen molar-refractivity contribution in [3.63, 3.8) is 0 Å². The predicted molar refractivity (Wildman–Crippen MR) is 129 cm³/mol. The number of imidazole rings is 1. The monoisotopic (exact) mass is 468 g/mol. The van der Waals surface area contributed by atoms with Crippen LogP contribution in [0.15, 0.2) is 42.4 Å². The molecule has 1 heterocycles. The van der Waals surface area contributed by atoms with Crippen molar-refractivity contribution in [1.29, 1.82) is 0 Å². The quantitative estimate of drug-likeness (QED) is 0.361. The minimum absolute atomic E-state index is 0.0622. The maximum Gasteiger partial charge on any atom is 0.331 e. The summed E-state index contributed by atoms with van der Waals surface area (Å²) in [6.07, 6.45) is 13.2. The molecule has 0 N–H and O–H groups in total. The summed E-state index contributed by atoms with van der Waals surface area (Å²) in [5, 5.41) is 0. The summed E-state index contributed by atoms with van der Waals surface area (Å²) in [7, 11) is 1.85. The van der Waals surface area contributed by atoms with Gasteiger partial charge in [0.05, 0.1) is 12.0 Å². The minimum Gasteiger partial charge on any atom is -0.462 e. The molecule has 0 saturated heterocycles. The Bertz CT molecular complexity index is 987. The van der Waals surface area contributed by atoms with Crippen LogP contribution in [0.2, 0.25) is 0 Å².